The number of halogens is 2. The van der Waals surface area contributed by atoms with Crippen molar-refractivity contribution in [3.63, 3.8) is 0 Å². The third-order valence-corrected chi connectivity index (χ3v) is 6.77. The quantitative estimate of drug-likeness (QED) is 0.179. The maximum absolute atomic E-state index is 13.0. The molecular weight excluding hydrogens is 521 g/mol. The number of nitrogens with zero attached hydrogens (tertiary/aromatic N) is 1. The zero-order valence-corrected chi connectivity index (χ0v) is 21.7. The lowest BCUT2D eigenvalue weighted by Crippen LogP contribution is -2.27. The van der Waals surface area contributed by atoms with Gasteiger partial charge in [0, 0.05) is 10.0 Å². The van der Waals surface area contributed by atoms with E-state index in [0.29, 0.717) is 39.1 Å². The number of amides is 2. The minimum atomic E-state index is -0.509. The summed E-state index contributed by atoms with van der Waals surface area (Å²) in [5.74, 6) is -0.335. The topological polar surface area (TPSA) is 72.9 Å². The molecule has 2 amide bonds. The molecular formula is C27H21Cl2NO5S. The summed E-state index contributed by atoms with van der Waals surface area (Å²) >= 11 is 13.0. The van der Waals surface area contributed by atoms with Crippen LogP contribution in [0.3, 0.4) is 0 Å². The van der Waals surface area contributed by atoms with E-state index in [4.69, 9.17) is 32.7 Å². The number of thioether (sulfide) groups is 1. The Labute approximate surface area is 222 Å². The molecule has 184 valence electrons. The van der Waals surface area contributed by atoms with Gasteiger partial charge in [-0.05, 0) is 79.2 Å². The van der Waals surface area contributed by atoms with Gasteiger partial charge in [-0.25, -0.2) is 4.79 Å². The van der Waals surface area contributed by atoms with Gasteiger partial charge in [0.05, 0.1) is 23.6 Å². The van der Waals surface area contributed by atoms with E-state index in [-0.39, 0.29) is 17.2 Å². The molecule has 0 N–H and O–H groups in total. The largest absolute Gasteiger partial charge is 0.490 e. The lowest BCUT2D eigenvalue weighted by Gasteiger charge is -2.14. The van der Waals surface area contributed by atoms with Gasteiger partial charge < -0.3 is 9.47 Å². The summed E-state index contributed by atoms with van der Waals surface area (Å²) in [5.41, 5.74) is 2.68. The lowest BCUT2D eigenvalue weighted by atomic mass is 10.1. The first kappa shape index (κ1) is 25.8. The zero-order chi connectivity index (χ0) is 25.8. The van der Waals surface area contributed by atoms with Crippen LogP contribution in [0.4, 0.5) is 4.79 Å². The monoisotopic (exact) mass is 541 g/mol. The van der Waals surface area contributed by atoms with Gasteiger partial charge in [0.1, 0.15) is 0 Å². The Hall–Kier alpha value is -3.26. The molecule has 1 heterocycles. The van der Waals surface area contributed by atoms with Crippen molar-refractivity contribution in [2.45, 2.75) is 20.4 Å². The molecule has 3 aromatic carbocycles. The van der Waals surface area contributed by atoms with E-state index in [1.165, 1.54) is 0 Å². The van der Waals surface area contributed by atoms with E-state index in [1.54, 1.807) is 54.6 Å². The van der Waals surface area contributed by atoms with Crippen molar-refractivity contribution in [3.8, 4) is 11.5 Å². The highest BCUT2D eigenvalue weighted by Gasteiger charge is 2.35. The highest BCUT2D eigenvalue weighted by Crippen LogP contribution is 2.36. The van der Waals surface area contributed by atoms with Gasteiger partial charge in [-0.1, -0.05) is 53.0 Å². The van der Waals surface area contributed by atoms with Gasteiger partial charge in [0.25, 0.3) is 11.1 Å². The van der Waals surface area contributed by atoms with E-state index < -0.39 is 17.1 Å². The Morgan fingerprint density at radius 2 is 1.75 bits per heavy atom. The normalized spacial score (nSPS) is 14.4. The van der Waals surface area contributed by atoms with Crippen LogP contribution in [0.2, 0.25) is 10.0 Å². The van der Waals surface area contributed by atoms with Crippen LogP contribution in [0.25, 0.3) is 6.08 Å². The molecule has 0 atom stereocenters. The van der Waals surface area contributed by atoms with Crippen LogP contribution < -0.4 is 9.47 Å². The van der Waals surface area contributed by atoms with Gasteiger partial charge in [-0.15, -0.1) is 0 Å². The smallest absolute Gasteiger partial charge is 0.343 e. The molecule has 6 nitrogen and oxygen atoms in total. The molecule has 0 bridgehead atoms. The first-order valence-electron chi connectivity index (χ1n) is 11.0. The molecule has 0 spiro atoms. The summed E-state index contributed by atoms with van der Waals surface area (Å²) in [5, 5.41) is 0.449. The fourth-order valence-corrected chi connectivity index (χ4v) is 4.73. The van der Waals surface area contributed by atoms with Gasteiger partial charge >= 0.3 is 5.97 Å². The Morgan fingerprint density at radius 1 is 1.00 bits per heavy atom. The molecule has 1 saturated heterocycles. The fourth-order valence-electron chi connectivity index (χ4n) is 3.42. The van der Waals surface area contributed by atoms with Crippen LogP contribution in [0.15, 0.2) is 65.6 Å². The van der Waals surface area contributed by atoms with Crippen molar-refractivity contribution in [2.75, 3.05) is 6.61 Å². The van der Waals surface area contributed by atoms with Crippen LogP contribution in [0, 0.1) is 6.92 Å². The molecule has 0 aliphatic carbocycles. The minimum absolute atomic E-state index is 0.0378. The van der Waals surface area contributed by atoms with E-state index in [0.717, 1.165) is 22.2 Å². The second kappa shape index (κ2) is 11.2. The third-order valence-electron chi connectivity index (χ3n) is 5.27. The number of carbonyl (C=O) groups excluding carboxylic acids is 3. The number of benzene rings is 3. The minimum Gasteiger partial charge on any atom is -0.490 e. The molecule has 4 rings (SSSR count). The van der Waals surface area contributed by atoms with Crippen LogP contribution in [0.5, 0.6) is 11.5 Å². The number of rotatable bonds is 7. The Kier molecular flexibility index (Phi) is 8.04. The standard InChI is InChI=1S/C27H21Cl2NO5S/c1-3-34-23-12-17(6-11-22(23)35-26(32)18-7-4-16(2)5-8-18)13-24-25(31)30(27(33)36-24)15-19-9-10-20(28)14-21(19)29/h4-14H,3,15H2,1-2H3/b24-13-. The average molecular weight is 542 g/mol. The van der Waals surface area contributed by atoms with Crippen molar-refractivity contribution in [1.29, 1.82) is 0 Å². The molecule has 1 fully saturated rings. The SMILES string of the molecule is CCOc1cc(/C=C2\SC(=O)N(Cc3ccc(Cl)cc3Cl)C2=O)ccc1OC(=O)c1ccc(C)cc1. The predicted octanol–water partition coefficient (Wildman–Crippen LogP) is 7.16. The van der Waals surface area contributed by atoms with Crippen LogP contribution in [-0.4, -0.2) is 28.6 Å². The number of aryl methyl sites for hydroxylation is 1. The summed E-state index contributed by atoms with van der Waals surface area (Å²) in [7, 11) is 0. The van der Waals surface area contributed by atoms with Gasteiger partial charge in [-0.3, -0.25) is 14.5 Å². The molecule has 3 aromatic rings. The van der Waals surface area contributed by atoms with Crippen molar-refractivity contribution < 1.29 is 23.9 Å². The highest BCUT2D eigenvalue weighted by molar-refractivity contribution is 8.18. The summed E-state index contributed by atoms with van der Waals surface area (Å²) in [6.45, 7) is 4.13. The highest BCUT2D eigenvalue weighted by atomic mass is 35.5. The summed E-state index contributed by atoms with van der Waals surface area (Å²) in [6, 6.07) is 16.9. The molecule has 36 heavy (non-hydrogen) atoms. The van der Waals surface area contributed by atoms with Gasteiger partial charge in [0.15, 0.2) is 11.5 Å². The van der Waals surface area contributed by atoms with Crippen LogP contribution in [0.1, 0.15) is 34.0 Å². The summed E-state index contributed by atoms with van der Waals surface area (Å²) in [6.07, 6.45) is 1.60. The molecule has 0 saturated carbocycles. The van der Waals surface area contributed by atoms with Gasteiger partial charge in [-0.2, -0.15) is 0 Å². The zero-order valence-electron chi connectivity index (χ0n) is 19.4. The van der Waals surface area contributed by atoms with Crippen molar-refractivity contribution in [2.24, 2.45) is 0 Å². The predicted molar refractivity (Wildman–Crippen MR) is 142 cm³/mol. The Balaban J connectivity index is 1.54. The first-order valence-corrected chi connectivity index (χ1v) is 12.6. The summed E-state index contributed by atoms with van der Waals surface area (Å²) in [4.78, 5) is 39.4. The molecule has 0 aromatic heterocycles. The number of imide groups is 1. The molecule has 9 heteroatoms. The number of hydrogen-bond acceptors (Lipinski definition) is 6. The van der Waals surface area contributed by atoms with Crippen molar-refractivity contribution in [3.05, 3.63) is 97.9 Å². The second-order valence-corrected chi connectivity index (χ2v) is 9.74. The maximum Gasteiger partial charge on any atom is 0.343 e. The maximum atomic E-state index is 13.0. The number of hydrogen-bond donors (Lipinski definition) is 0. The van der Waals surface area contributed by atoms with E-state index in [9.17, 15) is 14.4 Å². The molecule has 1 aliphatic heterocycles. The van der Waals surface area contributed by atoms with E-state index >= 15 is 0 Å². The van der Waals surface area contributed by atoms with Gasteiger partial charge in [0.2, 0.25) is 0 Å². The lowest BCUT2D eigenvalue weighted by molar-refractivity contribution is -0.123. The van der Waals surface area contributed by atoms with Crippen LogP contribution >= 0.6 is 35.0 Å². The third kappa shape index (κ3) is 5.93. The molecule has 0 unspecified atom stereocenters. The molecule has 0 radical (unpaired) electrons. The Bertz CT molecular complexity index is 1370. The van der Waals surface area contributed by atoms with E-state index in [2.05, 4.69) is 0 Å². The average Bonchev–Trinajstić information content (AvgIpc) is 3.10. The molecule has 1 aliphatic rings. The summed E-state index contributed by atoms with van der Waals surface area (Å²) < 4.78 is 11.2. The number of ether oxygens (including phenoxy) is 2. The number of esters is 1. The Morgan fingerprint density at radius 3 is 2.44 bits per heavy atom. The fraction of sp³-hybridized carbons (Fsp3) is 0.148. The first-order chi connectivity index (χ1) is 17.2. The second-order valence-electron chi connectivity index (χ2n) is 7.90. The van der Waals surface area contributed by atoms with Crippen molar-refractivity contribution in [1.82, 2.24) is 4.90 Å². The number of carbonyl (C=O) groups is 3. The van der Waals surface area contributed by atoms with E-state index in [1.807, 2.05) is 26.0 Å². The van der Waals surface area contributed by atoms with Crippen LogP contribution in [-0.2, 0) is 11.3 Å². The van der Waals surface area contributed by atoms with Crippen molar-refractivity contribution >= 4 is 58.2 Å².